The standard InChI is InChI=1S/C15H14N2O5/c1-9-4-3-5-11(6-9)12-7-13(22-10(2)15(18)19)14(16-8-12)17(20)21/h3-8,10H,1-2H3,(H,18,19). The van der Waals surface area contributed by atoms with Crippen molar-refractivity contribution in [3.8, 4) is 16.9 Å². The fourth-order valence-electron chi connectivity index (χ4n) is 1.88. The molecular formula is C15H14N2O5. The predicted molar refractivity (Wildman–Crippen MR) is 78.8 cm³/mol. The van der Waals surface area contributed by atoms with E-state index < -0.39 is 22.8 Å². The van der Waals surface area contributed by atoms with Crippen LogP contribution in [-0.2, 0) is 4.79 Å². The summed E-state index contributed by atoms with van der Waals surface area (Å²) in [6.45, 7) is 3.22. The minimum atomic E-state index is -1.21. The molecule has 0 saturated carbocycles. The lowest BCUT2D eigenvalue weighted by atomic mass is 10.1. The predicted octanol–water partition coefficient (Wildman–Crippen LogP) is 2.82. The molecular weight excluding hydrogens is 288 g/mol. The molecule has 0 bridgehead atoms. The third-order valence-corrected chi connectivity index (χ3v) is 3.01. The second-order valence-electron chi connectivity index (χ2n) is 4.77. The van der Waals surface area contributed by atoms with Crippen LogP contribution < -0.4 is 4.74 Å². The molecule has 1 atom stereocenters. The van der Waals surface area contributed by atoms with Gasteiger partial charge in [0.15, 0.2) is 6.10 Å². The van der Waals surface area contributed by atoms with E-state index in [0.717, 1.165) is 11.1 Å². The summed E-state index contributed by atoms with van der Waals surface area (Å²) in [5.41, 5.74) is 2.45. The third-order valence-electron chi connectivity index (χ3n) is 3.01. The van der Waals surface area contributed by atoms with Crippen molar-refractivity contribution < 1.29 is 19.6 Å². The van der Waals surface area contributed by atoms with Gasteiger partial charge in [0, 0.05) is 11.6 Å². The van der Waals surface area contributed by atoms with Gasteiger partial charge in [-0.15, -0.1) is 0 Å². The van der Waals surface area contributed by atoms with Crippen LogP contribution in [0, 0.1) is 17.0 Å². The molecule has 2 rings (SSSR count). The van der Waals surface area contributed by atoms with E-state index >= 15 is 0 Å². The Morgan fingerprint density at radius 3 is 2.68 bits per heavy atom. The van der Waals surface area contributed by atoms with Crippen molar-refractivity contribution in [2.75, 3.05) is 0 Å². The first-order valence-electron chi connectivity index (χ1n) is 6.49. The number of aliphatic carboxylic acids is 1. The van der Waals surface area contributed by atoms with Gasteiger partial charge in [0.2, 0.25) is 5.75 Å². The Morgan fingerprint density at radius 2 is 2.09 bits per heavy atom. The smallest absolute Gasteiger partial charge is 0.406 e. The highest BCUT2D eigenvalue weighted by Gasteiger charge is 2.23. The van der Waals surface area contributed by atoms with Crippen LogP contribution in [-0.4, -0.2) is 27.1 Å². The molecule has 0 spiro atoms. The number of benzene rings is 1. The maximum absolute atomic E-state index is 11.0. The van der Waals surface area contributed by atoms with Crippen LogP contribution in [0.5, 0.6) is 5.75 Å². The summed E-state index contributed by atoms with van der Waals surface area (Å²) in [6, 6.07) is 8.94. The fourth-order valence-corrected chi connectivity index (χ4v) is 1.88. The average Bonchev–Trinajstić information content (AvgIpc) is 2.46. The van der Waals surface area contributed by atoms with Crippen molar-refractivity contribution in [1.29, 1.82) is 0 Å². The number of carbonyl (C=O) groups is 1. The molecule has 114 valence electrons. The Bertz CT molecular complexity index is 730. The summed E-state index contributed by atoms with van der Waals surface area (Å²) in [5.74, 6) is -1.89. The first-order chi connectivity index (χ1) is 10.4. The average molecular weight is 302 g/mol. The number of nitro groups is 1. The maximum Gasteiger partial charge on any atom is 0.406 e. The molecule has 22 heavy (non-hydrogen) atoms. The van der Waals surface area contributed by atoms with Gasteiger partial charge in [0.25, 0.3) is 0 Å². The lowest BCUT2D eigenvalue weighted by Gasteiger charge is -2.11. The number of aromatic nitrogens is 1. The quantitative estimate of drug-likeness (QED) is 0.673. The molecule has 1 N–H and O–H groups in total. The Balaban J connectivity index is 2.47. The number of nitrogens with zero attached hydrogens (tertiary/aromatic N) is 2. The van der Waals surface area contributed by atoms with Gasteiger partial charge >= 0.3 is 11.8 Å². The number of carboxylic acid groups (broad SMARTS) is 1. The summed E-state index contributed by atoms with van der Waals surface area (Å²) in [5, 5.41) is 19.9. The molecule has 7 nitrogen and oxygen atoms in total. The monoisotopic (exact) mass is 302 g/mol. The Kier molecular flexibility index (Phi) is 4.36. The molecule has 0 aliphatic heterocycles. The van der Waals surface area contributed by atoms with E-state index in [-0.39, 0.29) is 5.75 Å². The van der Waals surface area contributed by atoms with E-state index in [2.05, 4.69) is 4.98 Å². The molecule has 0 aliphatic rings. The van der Waals surface area contributed by atoms with Gasteiger partial charge in [0.1, 0.15) is 6.20 Å². The number of pyridine rings is 1. The largest absolute Gasteiger partial charge is 0.479 e. The highest BCUT2D eigenvalue weighted by atomic mass is 16.6. The van der Waals surface area contributed by atoms with Crippen molar-refractivity contribution in [2.45, 2.75) is 20.0 Å². The fraction of sp³-hybridized carbons (Fsp3) is 0.200. The molecule has 1 unspecified atom stereocenters. The van der Waals surface area contributed by atoms with Crippen LogP contribution in [0.1, 0.15) is 12.5 Å². The van der Waals surface area contributed by atoms with Gasteiger partial charge in [-0.05, 0) is 29.3 Å². The van der Waals surface area contributed by atoms with Gasteiger partial charge in [-0.1, -0.05) is 29.8 Å². The van der Waals surface area contributed by atoms with Crippen molar-refractivity contribution in [3.63, 3.8) is 0 Å². The maximum atomic E-state index is 11.0. The number of aryl methyl sites for hydroxylation is 1. The van der Waals surface area contributed by atoms with E-state index in [9.17, 15) is 14.9 Å². The second kappa shape index (κ2) is 6.21. The molecule has 1 heterocycles. The van der Waals surface area contributed by atoms with Gasteiger partial charge in [-0.25, -0.2) is 4.79 Å². The summed E-state index contributed by atoms with van der Waals surface area (Å²) in [6.07, 6.45) is 0.152. The van der Waals surface area contributed by atoms with Gasteiger partial charge in [-0.2, -0.15) is 0 Å². The third kappa shape index (κ3) is 3.38. The Labute approximate surface area is 126 Å². The van der Waals surface area contributed by atoms with Crippen molar-refractivity contribution in [1.82, 2.24) is 4.98 Å². The topological polar surface area (TPSA) is 103 Å². The van der Waals surface area contributed by atoms with Crippen molar-refractivity contribution in [2.24, 2.45) is 0 Å². The van der Waals surface area contributed by atoms with Gasteiger partial charge in [-0.3, -0.25) is 0 Å². The van der Waals surface area contributed by atoms with Crippen molar-refractivity contribution >= 4 is 11.8 Å². The van der Waals surface area contributed by atoms with E-state index in [1.165, 1.54) is 19.2 Å². The highest BCUT2D eigenvalue weighted by molar-refractivity contribution is 5.73. The van der Waals surface area contributed by atoms with Crippen LogP contribution >= 0.6 is 0 Å². The van der Waals surface area contributed by atoms with Crippen molar-refractivity contribution in [3.05, 3.63) is 52.2 Å². The first-order valence-corrected chi connectivity index (χ1v) is 6.49. The lowest BCUT2D eigenvalue weighted by Crippen LogP contribution is -2.23. The zero-order chi connectivity index (χ0) is 16.3. The summed E-state index contributed by atoms with van der Waals surface area (Å²) in [7, 11) is 0. The zero-order valence-corrected chi connectivity index (χ0v) is 12.0. The van der Waals surface area contributed by atoms with Crippen LogP contribution in [0.25, 0.3) is 11.1 Å². The summed E-state index contributed by atoms with van der Waals surface area (Å²) >= 11 is 0. The number of rotatable bonds is 5. The molecule has 7 heteroatoms. The van der Waals surface area contributed by atoms with Gasteiger partial charge in [0.05, 0.1) is 0 Å². The van der Waals surface area contributed by atoms with E-state index in [1.54, 1.807) is 0 Å². The molecule has 0 amide bonds. The van der Waals surface area contributed by atoms with Crippen LogP contribution in [0.15, 0.2) is 36.5 Å². The molecule has 2 aromatic rings. The lowest BCUT2D eigenvalue weighted by molar-refractivity contribution is -0.390. The molecule has 1 aromatic carbocycles. The molecule has 0 fully saturated rings. The van der Waals surface area contributed by atoms with Crippen LogP contribution in [0.4, 0.5) is 5.82 Å². The summed E-state index contributed by atoms with van der Waals surface area (Å²) in [4.78, 5) is 24.9. The summed E-state index contributed by atoms with van der Waals surface area (Å²) < 4.78 is 5.16. The highest BCUT2D eigenvalue weighted by Crippen LogP contribution is 2.31. The second-order valence-corrected chi connectivity index (χ2v) is 4.77. The first kappa shape index (κ1) is 15.4. The number of carboxylic acids is 1. The number of hydrogen-bond donors (Lipinski definition) is 1. The SMILES string of the molecule is Cc1cccc(-c2cnc([N+](=O)[O-])c(OC(C)C(=O)O)c2)c1. The molecule has 0 radical (unpaired) electrons. The minimum absolute atomic E-state index is 0.168. The zero-order valence-electron chi connectivity index (χ0n) is 12.0. The molecule has 0 aliphatic carbocycles. The Hall–Kier alpha value is -2.96. The van der Waals surface area contributed by atoms with Gasteiger partial charge < -0.3 is 20.0 Å². The number of ether oxygens (including phenoxy) is 1. The Morgan fingerprint density at radius 1 is 1.36 bits per heavy atom. The normalized spacial score (nSPS) is 11.7. The van der Waals surface area contributed by atoms with Crippen LogP contribution in [0.2, 0.25) is 0 Å². The van der Waals surface area contributed by atoms with E-state index in [4.69, 9.17) is 9.84 Å². The molecule has 1 aromatic heterocycles. The van der Waals surface area contributed by atoms with Crippen LogP contribution in [0.3, 0.4) is 0 Å². The number of hydrogen-bond acceptors (Lipinski definition) is 5. The molecule has 0 saturated heterocycles. The minimum Gasteiger partial charge on any atom is -0.479 e. The van der Waals surface area contributed by atoms with E-state index in [0.29, 0.717) is 5.56 Å². The van der Waals surface area contributed by atoms with E-state index in [1.807, 2.05) is 31.2 Å².